The van der Waals surface area contributed by atoms with Gasteiger partial charge in [0.2, 0.25) is 0 Å². The Bertz CT molecular complexity index is 1290. The molecule has 2 heterocycles. The van der Waals surface area contributed by atoms with Crippen LogP contribution >= 0.6 is 0 Å². The zero-order chi connectivity index (χ0) is 31.4. The quantitative estimate of drug-likeness (QED) is 0.364. The largest absolute Gasteiger partial charge is 0.346 e. The third-order valence-electron chi connectivity index (χ3n) is 8.84. The minimum atomic E-state index is 0.230. The molecule has 2 aliphatic carbocycles. The predicted molar refractivity (Wildman–Crippen MR) is 190 cm³/mol. The molecule has 5 rings (SSSR count). The number of nitrogens with one attached hydrogen (secondary N) is 1. The summed E-state index contributed by atoms with van der Waals surface area (Å²) in [5.74, 6) is 3.42. The number of nitrogens with zero attached hydrogens (tertiary/aromatic N) is 1. The molecule has 2 heteroatoms. The minimum absolute atomic E-state index is 0.230. The van der Waals surface area contributed by atoms with Gasteiger partial charge in [0.1, 0.15) is 5.82 Å². The molecule has 0 amide bonds. The third kappa shape index (κ3) is 7.74. The molecular weight excluding hydrogens is 508 g/mol. The van der Waals surface area contributed by atoms with Crippen molar-refractivity contribution >= 4 is 22.8 Å². The van der Waals surface area contributed by atoms with E-state index < -0.39 is 0 Å². The summed E-state index contributed by atoms with van der Waals surface area (Å²) in [4.78, 5) is 5.18. The van der Waals surface area contributed by atoms with Crippen molar-refractivity contribution < 1.29 is 0 Å². The molecular formula is C40H60N2. The smallest absolute Gasteiger partial charge is 0.134 e. The van der Waals surface area contributed by atoms with E-state index in [1.54, 1.807) is 0 Å². The van der Waals surface area contributed by atoms with E-state index in [0.717, 1.165) is 29.2 Å². The fourth-order valence-corrected chi connectivity index (χ4v) is 6.99. The van der Waals surface area contributed by atoms with E-state index in [9.17, 15) is 0 Å². The Labute approximate surface area is 259 Å². The Hall–Kier alpha value is -2.87. The molecule has 3 aliphatic rings. The molecule has 1 fully saturated rings. The van der Waals surface area contributed by atoms with Crippen LogP contribution in [-0.4, -0.2) is 4.98 Å². The Morgan fingerprint density at radius 2 is 1.74 bits per heavy atom. The van der Waals surface area contributed by atoms with E-state index in [1.165, 1.54) is 53.3 Å². The number of hydrogen-bond acceptors (Lipinski definition) is 2. The van der Waals surface area contributed by atoms with Crippen molar-refractivity contribution in [2.24, 2.45) is 23.2 Å². The van der Waals surface area contributed by atoms with Crippen LogP contribution in [0, 0.1) is 23.2 Å². The van der Waals surface area contributed by atoms with Crippen molar-refractivity contribution in [1.29, 1.82) is 0 Å². The van der Waals surface area contributed by atoms with Gasteiger partial charge in [0.25, 0.3) is 0 Å². The molecule has 1 aromatic carbocycles. The average molecular weight is 569 g/mol. The normalized spacial score (nSPS) is 28.6. The number of pyridine rings is 1. The molecule has 42 heavy (non-hydrogen) atoms. The number of allylic oxidation sites excluding steroid dienone is 7. The van der Waals surface area contributed by atoms with Crippen LogP contribution in [0.1, 0.15) is 125 Å². The average Bonchev–Trinajstić information content (AvgIpc) is 3.68. The zero-order valence-electron chi connectivity index (χ0n) is 28.8. The van der Waals surface area contributed by atoms with Crippen LogP contribution in [0.4, 0.5) is 5.82 Å². The number of para-hydroxylation sites is 1. The molecule has 0 saturated heterocycles. The second-order valence-corrected chi connectivity index (χ2v) is 12.0. The van der Waals surface area contributed by atoms with Crippen LogP contribution in [-0.2, 0) is 0 Å². The Balaban J connectivity index is 0.000000813. The van der Waals surface area contributed by atoms with Gasteiger partial charge in [-0.1, -0.05) is 122 Å². The van der Waals surface area contributed by atoms with E-state index >= 15 is 0 Å². The third-order valence-corrected chi connectivity index (χ3v) is 8.84. The van der Waals surface area contributed by atoms with Crippen LogP contribution in [0.2, 0.25) is 0 Å². The number of fused-ring (bicyclic) bond motifs is 4. The highest BCUT2D eigenvalue weighted by Gasteiger charge is 2.57. The molecule has 1 saturated carbocycles. The Morgan fingerprint density at radius 1 is 1.07 bits per heavy atom. The maximum Gasteiger partial charge on any atom is 0.134 e. The molecule has 1 aromatic heterocycles. The lowest BCUT2D eigenvalue weighted by molar-refractivity contribution is 0.359. The Morgan fingerprint density at radius 3 is 2.38 bits per heavy atom. The Kier molecular flexibility index (Phi) is 14.0. The summed E-state index contributed by atoms with van der Waals surface area (Å²) in [5.41, 5.74) is 7.84. The van der Waals surface area contributed by atoms with Crippen molar-refractivity contribution in [3.63, 3.8) is 0 Å². The lowest BCUT2D eigenvalue weighted by Crippen LogP contribution is -2.20. The van der Waals surface area contributed by atoms with Gasteiger partial charge >= 0.3 is 0 Å². The molecule has 5 atom stereocenters. The van der Waals surface area contributed by atoms with E-state index in [2.05, 4.69) is 121 Å². The molecule has 0 bridgehead atoms. The molecule has 5 unspecified atom stereocenters. The minimum Gasteiger partial charge on any atom is -0.346 e. The maximum atomic E-state index is 5.18. The number of aromatic nitrogens is 1. The fourth-order valence-electron chi connectivity index (χ4n) is 6.99. The first-order valence-electron chi connectivity index (χ1n) is 16.8. The summed E-state index contributed by atoms with van der Waals surface area (Å²) in [6.07, 6.45) is 20.0. The number of benzene rings is 1. The summed E-state index contributed by atoms with van der Waals surface area (Å²) in [6, 6.07) is 8.59. The van der Waals surface area contributed by atoms with Gasteiger partial charge in [-0.2, -0.15) is 0 Å². The first kappa shape index (κ1) is 35.3. The van der Waals surface area contributed by atoms with Crippen LogP contribution < -0.4 is 5.32 Å². The SMILES string of the molecule is C=C(C)C1=C(\C)C(C)CC(C)CC2CC2(C=CC)C2CC=Cc3c2c(nc2ccccc32)N\C=C\1.CC.CC.CCC. The summed E-state index contributed by atoms with van der Waals surface area (Å²) in [6.45, 7) is 28.0. The van der Waals surface area contributed by atoms with Crippen LogP contribution in [0.25, 0.3) is 17.0 Å². The molecule has 230 valence electrons. The van der Waals surface area contributed by atoms with Crippen molar-refractivity contribution in [2.75, 3.05) is 5.32 Å². The highest BCUT2D eigenvalue weighted by molar-refractivity contribution is 5.93. The molecule has 2 aromatic rings. The van der Waals surface area contributed by atoms with Crippen LogP contribution in [0.5, 0.6) is 0 Å². The molecule has 0 radical (unpaired) electrons. The number of hydrogen-bond donors (Lipinski definition) is 1. The van der Waals surface area contributed by atoms with Crippen molar-refractivity contribution in [3.05, 3.63) is 89.2 Å². The molecule has 2 nitrogen and oxygen atoms in total. The second kappa shape index (κ2) is 16.7. The van der Waals surface area contributed by atoms with Gasteiger partial charge < -0.3 is 5.32 Å². The summed E-state index contributed by atoms with van der Waals surface area (Å²) < 4.78 is 0. The summed E-state index contributed by atoms with van der Waals surface area (Å²) in [5, 5.41) is 4.91. The van der Waals surface area contributed by atoms with Gasteiger partial charge in [0.05, 0.1) is 5.52 Å². The van der Waals surface area contributed by atoms with Gasteiger partial charge in [0, 0.05) is 23.1 Å². The lowest BCUT2D eigenvalue weighted by Gasteiger charge is -2.32. The molecule has 1 aliphatic heterocycles. The van der Waals surface area contributed by atoms with E-state index in [0.29, 0.717) is 17.8 Å². The maximum absolute atomic E-state index is 5.18. The van der Waals surface area contributed by atoms with Gasteiger partial charge in [-0.3, -0.25) is 0 Å². The predicted octanol–water partition coefficient (Wildman–Crippen LogP) is 12.7. The molecule has 0 spiro atoms. The zero-order valence-corrected chi connectivity index (χ0v) is 28.8. The van der Waals surface area contributed by atoms with Crippen molar-refractivity contribution in [2.45, 2.75) is 114 Å². The van der Waals surface area contributed by atoms with Crippen molar-refractivity contribution in [1.82, 2.24) is 4.98 Å². The topological polar surface area (TPSA) is 24.9 Å². The van der Waals surface area contributed by atoms with Gasteiger partial charge in [-0.25, -0.2) is 4.98 Å². The first-order chi connectivity index (χ1) is 20.3. The number of rotatable bonds is 2. The van der Waals surface area contributed by atoms with E-state index in [-0.39, 0.29) is 5.41 Å². The second-order valence-electron chi connectivity index (χ2n) is 12.0. The van der Waals surface area contributed by atoms with Crippen LogP contribution in [0.3, 0.4) is 0 Å². The van der Waals surface area contributed by atoms with Crippen molar-refractivity contribution in [3.8, 4) is 0 Å². The van der Waals surface area contributed by atoms with Gasteiger partial charge in [0.15, 0.2) is 0 Å². The van der Waals surface area contributed by atoms with Crippen LogP contribution in [0.15, 0.2) is 78.1 Å². The molecule has 1 N–H and O–H groups in total. The van der Waals surface area contributed by atoms with Gasteiger partial charge in [-0.15, -0.1) is 0 Å². The highest BCUT2D eigenvalue weighted by atomic mass is 15.0. The highest BCUT2D eigenvalue weighted by Crippen LogP contribution is 2.67. The first-order valence-corrected chi connectivity index (χ1v) is 16.8. The van der Waals surface area contributed by atoms with Gasteiger partial charge in [-0.05, 0) is 92.9 Å². The summed E-state index contributed by atoms with van der Waals surface area (Å²) in [7, 11) is 0. The lowest BCUT2D eigenvalue weighted by atomic mass is 9.73. The van der Waals surface area contributed by atoms with E-state index in [1.807, 2.05) is 27.7 Å². The standard InChI is InChI=1S/C33H40N2.C3H8.2C2H6/c1-7-16-33-20-25(33)19-22(4)18-23(5)24(6)26(21(2)3)15-17-34-32-31-28(12-10-13-29(31)33)27-11-8-9-14-30(27)35-32;1-3-2;2*1-2/h7-12,14-17,22-23,25,29H,2,13,18-20H2,1,3-6H3,(H,34,35);3H2,1-2H3;2*1-2H3/b16-7?,17-15+,26-24+;;;. The van der Waals surface area contributed by atoms with E-state index in [4.69, 9.17) is 4.98 Å². The monoisotopic (exact) mass is 568 g/mol. The number of anilines is 1. The summed E-state index contributed by atoms with van der Waals surface area (Å²) >= 11 is 0. The fraction of sp³-hybridized carbons (Fsp3) is 0.525.